The van der Waals surface area contributed by atoms with Gasteiger partial charge in [-0.3, -0.25) is 14.6 Å². The summed E-state index contributed by atoms with van der Waals surface area (Å²) < 4.78 is 0. The first kappa shape index (κ1) is 14.4. The molecule has 0 saturated carbocycles. The van der Waals surface area contributed by atoms with Crippen LogP contribution in [0.1, 0.15) is 45.4 Å². The molecule has 0 aliphatic carbocycles. The number of carbonyl (C=O) groups is 2. The number of amides is 1. The van der Waals surface area contributed by atoms with Gasteiger partial charge in [0.05, 0.1) is 0 Å². The van der Waals surface area contributed by atoms with E-state index in [1.165, 1.54) is 12.8 Å². The Labute approximate surface area is 108 Å². The molecule has 1 rings (SSSR count). The number of unbranched alkanes of at least 4 members (excludes halogenated alkanes) is 4. The van der Waals surface area contributed by atoms with E-state index in [1.54, 1.807) is 24.5 Å². The molecular weight excluding hydrogens is 228 g/mol. The van der Waals surface area contributed by atoms with Crippen LogP contribution in [-0.2, 0) is 9.59 Å². The average molecular weight is 248 g/mol. The van der Waals surface area contributed by atoms with Crippen molar-refractivity contribution in [2.75, 3.05) is 5.32 Å². The van der Waals surface area contributed by atoms with Crippen molar-refractivity contribution in [1.29, 1.82) is 0 Å². The zero-order valence-corrected chi connectivity index (χ0v) is 10.8. The highest BCUT2D eigenvalue weighted by molar-refractivity contribution is 6.40. The smallest absolute Gasteiger partial charge is 0.291 e. The number of carbonyl (C=O) groups excluding carboxylic acids is 2. The molecule has 0 atom stereocenters. The fourth-order valence-corrected chi connectivity index (χ4v) is 1.64. The van der Waals surface area contributed by atoms with Crippen molar-refractivity contribution in [3.05, 3.63) is 24.5 Å². The molecule has 4 heteroatoms. The summed E-state index contributed by atoms with van der Waals surface area (Å²) in [5.74, 6) is -0.875. The Balaban J connectivity index is 2.23. The van der Waals surface area contributed by atoms with Crippen molar-refractivity contribution in [3.8, 4) is 0 Å². The maximum absolute atomic E-state index is 11.6. The average Bonchev–Trinajstić information content (AvgIpc) is 2.39. The van der Waals surface area contributed by atoms with Crippen LogP contribution in [0.15, 0.2) is 24.5 Å². The van der Waals surface area contributed by atoms with Gasteiger partial charge < -0.3 is 5.32 Å². The number of Topliss-reactive ketones (excluding diaryl/α,β-unsaturated/α-hetero) is 1. The third-order valence-electron chi connectivity index (χ3n) is 2.70. The topological polar surface area (TPSA) is 59.1 Å². The number of pyridine rings is 1. The lowest BCUT2D eigenvalue weighted by Crippen LogP contribution is -2.22. The molecule has 1 aromatic heterocycles. The highest BCUT2D eigenvalue weighted by Gasteiger charge is 2.12. The second-order valence-corrected chi connectivity index (χ2v) is 4.28. The zero-order chi connectivity index (χ0) is 13.2. The van der Waals surface area contributed by atoms with E-state index < -0.39 is 5.91 Å². The molecule has 18 heavy (non-hydrogen) atoms. The first-order valence-corrected chi connectivity index (χ1v) is 6.48. The van der Waals surface area contributed by atoms with Crippen molar-refractivity contribution in [3.63, 3.8) is 0 Å². The predicted octanol–water partition coefficient (Wildman–Crippen LogP) is 2.95. The SMILES string of the molecule is CCCCCCCC(=O)C(=O)Nc1ccncc1. The number of nitrogens with zero attached hydrogens (tertiary/aromatic N) is 1. The van der Waals surface area contributed by atoms with Gasteiger partial charge in [0.1, 0.15) is 0 Å². The lowest BCUT2D eigenvalue weighted by atomic mass is 10.1. The molecule has 0 fully saturated rings. The number of ketones is 1. The van der Waals surface area contributed by atoms with Crippen LogP contribution >= 0.6 is 0 Å². The fourth-order valence-electron chi connectivity index (χ4n) is 1.64. The van der Waals surface area contributed by atoms with E-state index in [-0.39, 0.29) is 5.78 Å². The maximum Gasteiger partial charge on any atom is 0.291 e. The number of rotatable bonds is 8. The van der Waals surface area contributed by atoms with Crippen LogP contribution in [0.5, 0.6) is 0 Å². The first-order chi connectivity index (χ1) is 8.74. The van der Waals surface area contributed by atoms with Crippen molar-refractivity contribution >= 4 is 17.4 Å². The normalized spacial score (nSPS) is 10.1. The van der Waals surface area contributed by atoms with Gasteiger partial charge in [0.15, 0.2) is 0 Å². The minimum atomic E-state index is -0.531. The predicted molar refractivity (Wildman–Crippen MR) is 71.2 cm³/mol. The third kappa shape index (κ3) is 5.57. The van der Waals surface area contributed by atoms with Crippen molar-refractivity contribution in [1.82, 2.24) is 4.98 Å². The summed E-state index contributed by atoms with van der Waals surface area (Å²) in [6.45, 7) is 2.15. The molecule has 1 amide bonds. The Bertz CT molecular complexity index is 377. The zero-order valence-electron chi connectivity index (χ0n) is 10.8. The number of hydrogen-bond acceptors (Lipinski definition) is 3. The second-order valence-electron chi connectivity index (χ2n) is 4.28. The molecule has 0 unspecified atom stereocenters. The highest BCUT2D eigenvalue weighted by atomic mass is 16.2. The van der Waals surface area contributed by atoms with Crippen LogP contribution in [0.4, 0.5) is 5.69 Å². The van der Waals surface area contributed by atoms with Gasteiger partial charge >= 0.3 is 0 Å². The molecule has 1 aromatic rings. The Morgan fingerprint density at radius 3 is 2.44 bits per heavy atom. The fraction of sp³-hybridized carbons (Fsp3) is 0.500. The molecule has 0 aliphatic heterocycles. The number of anilines is 1. The lowest BCUT2D eigenvalue weighted by molar-refractivity contribution is -0.134. The Morgan fingerprint density at radius 1 is 1.11 bits per heavy atom. The van der Waals surface area contributed by atoms with E-state index in [4.69, 9.17) is 0 Å². The molecule has 0 saturated heterocycles. The van der Waals surface area contributed by atoms with E-state index in [1.807, 2.05) is 0 Å². The van der Waals surface area contributed by atoms with E-state index in [9.17, 15) is 9.59 Å². The number of hydrogen-bond donors (Lipinski definition) is 1. The van der Waals surface area contributed by atoms with Crippen LogP contribution < -0.4 is 5.32 Å². The molecule has 0 spiro atoms. The Morgan fingerprint density at radius 2 is 1.78 bits per heavy atom. The molecule has 0 bridgehead atoms. The van der Waals surface area contributed by atoms with Gasteiger partial charge in [-0.1, -0.05) is 32.6 Å². The van der Waals surface area contributed by atoms with Gasteiger partial charge in [-0.25, -0.2) is 0 Å². The first-order valence-electron chi connectivity index (χ1n) is 6.48. The van der Waals surface area contributed by atoms with E-state index >= 15 is 0 Å². The largest absolute Gasteiger partial charge is 0.319 e. The molecular formula is C14H20N2O2. The summed E-state index contributed by atoms with van der Waals surface area (Å²) in [6, 6.07) is 3.32. The summed E-state index contributed by atoms with van der Waals surface area (Å²) in [6.07, 6.45) is 8.80. The van der Waals surface area contributed by atoms with Gasteiger partial charge in [-0.05, 0) is 18.6 Å². The molecule has 98 valence electrons. The minimum absolute atomic E-state index is 0.334. The van der Waals surface area contributed by atoms with Crippen LogP contribution in [-0.4, -0.2) is 16.7 Å². The molecule has 0 aromatic carbocycles. The molecule has 1 N–H and O–H groups in total. The van der Waals surface area contributed by atoms with Gasteiger partial charge in [0.25, 0.3) is 5.91 Å². The maximum atomic E-state index is 11.6. The number of aromatic nitrogens is 1. The van der Waals surface area contributed by atoms with Crippen molar-refractivity contribution < 1.29 is 9.59 Å². The van der Waals surface area contributed by atoms with E-state index in [0.29, 0.717) is 12.1 Å². The van der Waals surface area contributed by atoms with E-state index in [2.05, 4.69) is 17.2 Å². The summed E-state index contributed by atoms with van der Waals surface area (Å²) in [4.78, 5) is 26.9. The summed E-state index contributed by atoms with van der Waals surface area (Å²) in [7, 11) is 0. The van der Waals surface area contributed by atoms with Crippen LogP contribution in [0.2, 0.25) is 0 Å². The van der Waals surface area contributed by atoms with Crippen LogP contribution in [0.25, 0.3) is 0 Å². The number of nitrogens with one attached hydrogen (secondary N) is 1. The molecule has 0 aliphatic rings. The van der Waals surface area contributed by atoms with Crippen LogP contribution in [0, 0.1) is 0 Å². The quantitative estimate of drug-likeness (QED) is 0.568. The molecule has 1 heterocycles. The minimum Gasteiger partial charge on any atom is -0.319 e. The van der Waals surface area contributed by atoms with Crippen molar-refractivity contribution in [2.24, 2.45) is 0 Å². The Hall–Kier alpha value is -1.71. The summed E-state index contributed by atoms with van der Waals surface area (Å²) >= 11 is 0. The summed E-state index contributed by atoms with van der Waals surface area (Å²) in [5.41, 5.74) is 0.606. The molecule has 0 radical (unpaired) electrons. The van der Waals surface area contributed by atoms with Gasteiger partial charge in [-0.15, -0.1) is 0 Å². The monoisotopic (exact) mass is 248 g/mol. The van der Waals surface area contributed by atoms with Gasteiger partial charge in [-0.2, -0.15) is 0 Å². The Kier molecular flexibility index (Phi) is 6.69. The van der Waals surface area contributed by atoms with Gasteiger partial charge in [0, 0.05) is 24.5 Å². The molecule has 4 nitrogen and oxygen atoms in total. The standard InChI is InChI=1S/C14H20N2O2/c1-2-3-4-5-6-7-13(17)14(18)16-12-8-10-15-11-9-12/h8-11H,2-7H2,1H3,(H,15,16,18). The summed E-state index contributed by atoms with van der Waals surface area (Å²) in [5, 5.41) is 2.57. The highest BCUT2D eigenvalue weighted by Crippen LogP contribution is 2.07. The second kappa shape index (κ2) is 8.39. The van der Waals surface area contributed by atoms with Gasteiger partial charge in [0.2, 0.25) is 5.78 Å². The third-order valence-corrected chi connectivity index (χ3v) is 2.70. The van der Waals surface area contributed by atoms with Crippen LogP contribution in [0.3, 0.4) is 0 Å². The lowest BCUT2D eigenvalue weighted by Gasteiger charge is -2.03. The van der Waals surface area contributed by atoms with E-state index in [0.717, 1.165) is 19.3 Å². The van der Waals surface area contributed by atoms with Crippen molar-refractivity contribution in [2.45, 2.75) is 45.4 Å².